The number of nitrogens with zero attached hydrogens (tertiary/aromatic N) is 1. The van der Waals surface area contributed by atoms with Crippen LogP contribution in [0.2, 0.25) is 0 Å². The average Bonchev–Trinajstić information content (AvgIpc) is 2.71. The molecule has 2 fully saturated rings. The number of amides is 2. The fourth-order valence-corrected chi connectivity index (χ4v) is 4.05. The second kappa shape index (κ2) is 9.90. The van der Waals surface area contributed by atoms with Crippen LogP contribution in [0.15, 0.2) is 24.3 Å². The molecular weight excluding hydrogens is 349 g/mol. The second-order valence-corrected chi connectivity index (χ2v) is 7.30. The standard InChI is InChI=1S/C20H30FN3O3/c21-17-5-4-6-18(15-17)27-12-9-22-19(25)23-16-20(7-2-1-3-8-20)24-10-13-26-14-11-24/h4-6,15H,1-3,7-14,16H2,(H2,22,23,25). The molecule has 0 bridgehead atoms. The van der Waals surface area contributed by atoms with Gasteiger partial charge in [-0.15, -0.1) is 0 Å². The largest absolute Gasteiger partial charge is 0.492 e. The number of nitrogens with one attached hydrogen (secondary N) is 2. The summed E-state index contributed by atoms with van der Waals surface area (Å²) in [6.07, 6.45) is 5.94. The third-order valence-electron chi connectivity index (χ3n) is 5.50. The quantitative estimate of drug-likeness (QED) is 0.715. The molecule has 1 heterocycles. The van der Waals surface area contributed by atoms with E-state index in [0.717, 1.165) is 39.1 Å². The number of rotatable bonds is 7. The monoisotopic (exact) mass is 379 g/mol. The summed E-state index contributed by atoms with van der Waals surface area (Å²) in [5.74, 6) is 0.129. The molecule has 1 aromatic carbocycles. The van der Waals surface area contributed by atoms with Gasteiger partial charge in [-0.25, -0.2) is 9.18 Å². The van der Waals surface area contributed by atoms with Crippen molar-refractivity contribution < 1.29 is 18.7 Å². The van der Waals surface area contributed by atoms with Crippen LogP contribution in [0.3, 0.4) is 0 Å². The molecule has 150 valence electrons. The van der Waals surface area contributed by atoms with Gasteiger partial charge in [0.05, 0.1) is 19.8 Å². The van der Waals surface area contributed by atoms with E-state index in [4.69, 9.17) is 9.47 Å². The molecule has 0 atom stereocenters. The maximum atomic E-state index is 13.1. The lowest BCUT2D eigenvalue weighted by molar-refractivity contribution is -0.0357. The van der Waals surface area contributed by atoms with E-state index in [-0.39, 0.29) is 17.4 Å². The third-order valence-corrected chi connectivity index (χ3v) is 5.50. The normalized spacial score (nSPS) is 20.0. The Morgan fingerprint density at radius 2 is 1.96 bits per heavy atom. The van der Waals surface area contributed by atoms with Crippen molar-refractivity contribution in [2.75, 3.05) is 46.0 Å². The Morgan fingerprint density at radius 1 is 1.19 bits per heavy atom. The zero-order valence-electron chi connectivity index (χ0n) is 15.8. The predicted octanol–water partition coefficient (Wildman–Crippen LogP) is 2.54. The van der Waals surface area contributed by atoms with Gasteiger partial charge in [-0.05, 0) is 25.0 Å². The van der Waals surface area contributed by atoms with Crippen LogP contribution in [0.5, 0.6) is 5.75 Å². The van der Waals surface area contributed by atoms with Crippen LogP contribution in [0, 0.1) is 5.82 Å². The van der Waals surface area contributed by atoms with Crippen molar-refractivity contribution in [1.82, 2.24) is 15.5 Å². The van der Waals surface area contributed by atoms with E-state index in [1.807, 2.05) is 0 Å². The summed E-state index contributed by atoms with van der Waals surface area (Å²) >= 11 is 0. The minimum atomic E-state index is -0.334. The first-order chi connectivity index (χ1) is 13.2. The lowest BCUT2D eigenvalue weighted by atomic mass is 9.80. The molecule has 27 heavy (non-hydrogen) atoms. The van der Waals surface area contributed by atoms with Gasteiger partial charge in [0.2, 0.25) is 0 Å². The van der Waals surface area contributed by atoms with Crippen LogP contribution < -0.4 is 15.4 Å². The Labute approximate surface area is 160 Å². The van der Waals surface area contributed by atoms with E-state index in [2.05, 4.69) is 15.5 Å². The Hall–Kier alpha value is -1.86. The average molecular weight is 379 g/mol. The van der Waals surface area contributed by atoms with Crippen LogP contribution in [-0.4, -0.2) is 62.5 Å². The number of morpholine rings is 1. The number of hydrogen-bond acceptors (Lipinski definition) is 4. The van der Waals surface area contributed by atoms with Gasteiger partial charge < -0.3 is 20.1 Å². The molecule has 1 aliphatic carbocycles. The van der Waals surface area contributed by atoms with Crippen LogP contribution >= 0.6 is 0 Å². The highest BCUT2D eigenvalue weighted by Crippen LogP contribution is 2.33. The molecule has 2 amide bonds. The smallest absolute Gasteiger partial charge is 0.314 e. The summed E-state index contributed by atoms with van der Waals surface area (Å²) in [4.78, 5) is 14.7. The third kappa shape index (κ3) is 5.81. The zero-order valence-corrected chi connectivity index (χ0v) is 15.8. The molecule has 1 aromatic rings. The van der Waals surface area contributed by atoms with Crippen molar-refractivity contribution in [1.29, 1.82) is 0 Å². The van der Waals surface area contributed by atoms with Crippen molar-refractivity contribution in [3.63, 3.8) is 0 Å². The molecule has 7 heteroatoms. The molecule has 3 rings (SSSR count). The van der Waals surface area contributed by atoms with Crippen LogP contribution in [0.4, 0.5) is 9.18 Å². The fourth-order valence-electron chi connectivity index (χ4n) is 4.05. The summed E-state index contributed by atoms with van der Waals surface area (Å²) in [5.41, 5.74) is 0.0530. The highest BCUT2D eigenvalue weighted by atomic mass is 19.1. The van der Waals surface area contributed by atoms with E-state index in [1.165, 1.54) is 31.4 Å². The summed E-state index contributed by atoms with van der Waals surface area (Å²) in [5, 5.41) is 5.87. The number of hydrogen-bond donors (Lipinski definition) is 2. The van der Waals surface area contributed by atoms with E-state index in [9.17, 15) is 9.18 Å². The highest BCUT2D eigenvalue weighted by molar-refractivity contribution is 5.73. The molecule has 0 aromatic heterocycles. The van der Waals surface area contributed by atoms with Crippen LogP contribution in [-0.2, 0) is 4.74 Å². The number of halogens is 1. The molecule has 0 spiro atoms. The van der Waals surface area contributed by atoms with E-state index in [1.54, 1.807) is 12.1 Å². The molecule has 0 unspecified atom stereocenters. The van der Waals surface area contributed by atoms with Gasteiger partial charge in [0.25, 0.3) is 0 Å². The lowest BCUT2D eigenvalue weighted by Crippen LogP contribution is -2.60. The van der Waals surface area contributed by atoms with Gasteiger partial charge in [0, 0.05) is 31.2 Å². The summed E-state index contributed by atoms with van der Waals surface area (Å²) < 4.78 is 24.0. The second-order valence-electron chi connectivity index (χ2n) is 7.30. The molecular formula is C20H30FN3O3. The first-order valence-corrected chi connectivity index (χ1v) is 9.91. The van der Waals surface area contributed by atoms with Crippen molar-refractivity contribution in [3.05, 3.63) is 30.1 Å². The Kier molecular flexibility index (Phi) is 7.29. The molecule has 1 aliphatic heterocycles. The minimum Gasteiger partial charge on any atom is -0.492 e. The SMILES string of the molecule is O=C(NCCOc1cccc(F)c1)NCC1(N2CCOCC2)CCCCC1. The van der Waals surface area contributed by atoms with Crippen molar-refractivity contribution in [2.24, 2.45) is 0 Å². The Balaban J connectivity index is 1.41. The topological polar surface area (TPSA) is 62.8 Å². The molecule has 6 nitrogen and oxygen atoms in total. The predicted molar refractivity (Wildman–Crippen MR) is 102 cm³/mol. The molecule has 1 saturated heterocycles. The molecule has 1 saturated carbocycles. The first-order valence-electron chi connectivity index (χ1n) is 9.91. The van der Waals surface area contributed by atoms with Gasteiger partial charge in [0.1, 0.15) is 18.2 Å². The number of carbonyl (C=O) groups excluding carboxylic acids is 1. The van der Waals surface area contributed by atoms with Gasteiger partial charge >= 0.3 is 6.03 Å². The number of benzene rings is 1. The van der Waals surface area contributed by atoms with Crippen molar-refractivity contribution in [3.8, 4) is 5.75 Å². The maximum absolute atomic E-state index is 13.1. The Morgan fingerprint density at radius 3 is 2.70 bits per heavy atom. The zero-order chi connectivity index (χ0) is 19.0. The van der Waals surface area contributed by atoms with Crippen LogP contribution in [0.25, 0.3) is 0 Å². The van der Waals surface area contributed by atoms with E-state index >= 15 is 0 Å². The van der Waals surface area contributed by atoms with Gasteiger partial charge in [-0.2, -0.15) is 0 Å². The summed E-state index contributed by atoms with van der Waals surface area (Å²) in [6, 6.07) is 5.80. The number of urea groups is 1. The first kappa shape index (κ1) is 19.9. The van der Waals surface area contributed by atoms with E-state index in [0.29, 0.717) is 25.4 Å². The van der Waals surface area contributed by atoms with E-state index < -0.39 is 0 Å². The minimum absolute atomic E-state index is 0.0530. The van der Waals surface area contributed by atoms with Crippen molar-refractivity contribution in [2.45, 2.75) is 37.6 Å². The molecule has 2 N–H and O–H groups in total. The highest BCUT2D eigenvalue weighted by Gasteiger charge is 2.38. The van der Waals surface area contributed by atoms with Crippen molar-refractivity contribution >= 4 is 6.03 Å². The Bertz CT molecular complexity index is 602. The lowest BCUT2D eigenvalue weighted by Gasteiger charge is -2.48. The van der Waals surface area contributed by atoms with Gasteiger partial charge in [-0.3, -0.25) is 4.90 Å². The number of carbonyl (C=O) groups is 1. The maximum Gasteiger partial charge on any atom is 0.314 e. The molecule has 2 aliphatic rings. The van der Waals surface area contributed by atoms with Crippen LogP contribution in [0.1, 0.15) is 32.1 Å². The molecule has 0 radical (unpaired) electrons. The number of ether oxygens (including phenoxy) is 2. The summed E-state index contributed by atoms with van der Waals surface area (Å²) in [7, 11) is 0. The van der Waals surface area contributed by atoms with Gasteiger partial charge in [-0.1, -0.05) is 25.3 Å². The summed E-state index contributed by atoms with van der Waals surface area (Å²) in [6.45, 7) is 4.73. The van der Waals surface area contributed by atoms with Gasteiger partial charge in [0.15, 0.2) is 0 Å². The fraction of sp³-hybridized carbons (Fsp3) is 0.650.